The molecule has 1 aromatic heterocycles. The lowest BCUT2D eigenvalue weighted by molar-refractivity contribution is -0.385. The Kier molecular flexibility index (Phi) is 4.36. The molecule has 2 atom stereocenters. The molecule has 1 fully saturated rings. The summed E-state index contributed by atoms with van der Waals surface area (Å²) in [7, 11) is 1.36. The second kappa shape index (κ2) is 6.02. The van der Waals surface area contributed by atoms with E-state index in [2.05, 4.69) is 29.1 Å². The topological polar surface area (TPSA) is 90.2 Å². The second-order valence-electron chi connectivity index (χ2n) is 5.60. The Morgan fingerprint density at radius 3 is 2.50 bits per heavy atom. The van der Waals surface area contributed by atoms with Gasteiger partial charge in [0.05, 0.1) is 12.0 Å². The monoisotopic (exact) mass is 280 g/mol. The first-order valence-electron chi connectivity index (χ1n) is 6.81. The molecule has 0 aliphatic heterocycles. The Hall–Kier alpha value is -1.92. The van der Waals surface area contributed by atoms with E-state index in [4.69, 9.17) is 4.74 Å². The van der Waals surface area contributed by atoms with Crippen molar-refractivity contribution in [1.29, 1.82) is 0 Å². The third-order valence-corrected chi connectivity index (χ3v) is 3.68. The van der Waals surface area contributed by atoms with Crippen LogP contribution in [0.3, 0.4) is 0 Å². The zero-order chi connectivity index (χ0) is 14.7. The van der Waals surface area contributed by atoms with Gasteiger partial charge < -0.3 is 10.1 Å². The summed E-state index contributed by atoms with van der Waals surface area (Å²) in [6, 6.07) is 0.201. The normalized spacial score (nSPS) is 26.1. The average molecular weight is 280 g/mol. The van der Waals surface area contributed by atoms with Gasteiger partial charge in [0.1, 0.15) is 6.33 Å². The number of nitro groups is 1. The molecule has 0 bridgehead atoms. The van der Waals surface area contributed by atoms with Crippen molar-refractivity contribution in [2.24, 2.45) is 11.8 Å². The molecule has 0 saturated heterocycles. The molecular weight excluding hydrogens is 260 g/mol. The maximum absolute atomic E-state index is 11.2. The van der Waals surface area contributed by atoms with Crippen LogP contribution in [0.25, 0.3) is 0 Å². The third-order valence-electron chi connectivity index (χ3n) is 3.68. The molecule has 2 unspecified atom stereocenters. The SMILES string of the molecule is COc1ncnc(NC2CC(C)CC(C)C2)c1[N+](=O)[O-]. The van der Waals surface area contributed by atoms with Gasteiger partial charge in [-0.25, -0.2) is 4.98 Å². The summed E-state index contributed by atoms with van der Waals surface area (Å²) in [5, 5.41) is 14.4. The number of hydrogen-bond donors (Lipinski definition) is 1. The lowest BCUT2D eigenvalue weighted by Gasteiger charge is -2.32. The summed E-state index contributed by atoms with van der Waals surface area (Å²) in [5.41, 5.74) is -0.194. The number of methoxy groups -OCH3 is 1. The molecule has 110 valence electrons. The maximum Gasteiger partial charge on any atom is 0.372 e. The van der Waals surface area contributed by atoms with Gasteiger partial charge in [-0.3, -0.25) is 10.1 Å². The van der Waals surface area contributed by atoms with E-state index in [0.29, 0.717) is 11.8 Å². The van der Waals surface area contributed by atoms with Gasteiger partial charge in [-0.2, -0.15) is 4.98 Å². The molecule has 0 amide bonds. The van der Waals surface area contributed by atoms with Crippen molar-refractivity contribution < 1.29 is 9.66 Å². The zero-order valence-corrected chi connectivity index (χ0v) is 12.0. The predicted octanol–water partition coefficient (Wildman–Crippen LogP) is 2.63. The van der Waals surface area contributed by atoms with Crippen molar-refractivity contribution in [3.63, 3.8) is 0 Å². The van der Waals surface area contributed by atoms with Crippen molar-refractivity contribution >= 4 is 11.5 Å². The Morgan fingerprint density at radius 1 is 1.30 bits per heavy atom. The van der Waals surface area contributed by atoms with Gasteiger partial charge in [0.15, 0.2) is 0 Å². The van der Waals surface area contributed by atoms with Crippen molar-refractivity contribution in [3.8, 4) is 5.88 Å². The first kappa shape index (κ1) is 14.5. The highest BCUT2D eigenvalue weighted by atomic mass is 16.6. The summed E-state index contributed by atoms with van der Waals surface area (Å²) < 4.78 is 4.95. The Bertz CT molecular complexity index is 485. The molecule has 1 heterocycles. The van der Waals surface area contributed by atoms with Crippen LogP contribution in [-0.2, 0) is 0 Å². The van der Waals surface area contributed by atoms with Gasteiger partial charge in [-0.05, 0) is 31.1 Å². The van der Waals surface area contributed by atoms with Gasteiger partial charge in [0.25, 0.3) is 5.88 Å². The average Bonchev–Trinajstić information content (AvgIpc) is 2.36. The lowest BCUT2D eigenvalue weighted by Crippen LogP contribution is -2.30. The van der Waals surface area contributed by atoms with Crippen LogP contribution in [0.15, 0.2) is 6.33 Å². The Morgan fingerprint density at radius 2 is 1.95 bits per heavy atom. The van der Waals surface area contributed by atoms with E-state index in [1.54, 1.807) is 0 Å². The van der Waals surface area contributed by atoms with E-state index in [1.165, 1.54) is 19.9 Å². The van der Waals surface area contributed by atoms with E-state index in [1.807, 2.05) is 0 Å². The van der Waals surface area contributed by atoms with Crippen LogP contribution in [0.2, 0.25) is 0 Å². The van der Waals surface area contributed by atoms with Gasteiger partial charge >= 0.3 is 5.69 Å². The second-order valence-corrected chi connectivity index (χ2v) is 5.60. The van der Waals surface area contributed by atoms with Crippen molar-refractivity contribution in [2.75, 3.05) is 12.4 Å². The highest BCUT2D eigenvalue weighted by Gasteiger charge is 2.29. The lowest BCUT2D eigenvalue weighted by atomic mass is 9.80. The first-order chi connectivity index (χ1) is 9.51. The quantitative estimate of drug-likeness (QED) is 0.673. The molecule has 20 heavy (non-hydrogen) atoms. The van der Waals surface area contributed by atoms with Crippen molar-refractivity contribution in [2.45, 2.75) is 39.2 Å². The van der Waals surface area contributed by atoms with E-state index in [-0.39, 0.29) is 23.4 Å². The van der Waals surface area contributed by atoms with Crippen LogP contribution in [0.4, 0.5) is 11.5 Å². The number of nitrogens with one attached hydrogen (secondary N) is 1. The number of ether oxygens (including phenoxy) is 1. The molecule has 0 radical (unpaired) electrons. The number of rotatable bonds is 4. The van der Waals surface area contributed by atoms with Crippen LogP contribution in [-0.4, -0.2) is 28.0 Å². The van der Waals surface area contributed by atoms with Crippen molar-refractivity contribution in [3.05, 3.63) is 16.4 Å². The van der Waals surface area contributed by atoms with Crippen LogP contribution in [0.5, 0.6) is 5.88 Å². The molecule has 2 rings (SSSR count). The van der Waals surface area contributed by atoms with Gasteiger partial charge in [-0.15, -0.1) is 0 Å². The summed E-state index contributed by atoms with van der Waals surface area (Å²) in [6.45, 7) is 4.42. The first-order valence-corrected chi connectivity index (χ1v) is 6.81. The highest BCUT2D eigenvalue weighted by Crippen LogP contribution is 2.34. The molecule has 1 aromatic rings. The largest absolute Gasteiger partial charge is 0.476 e. The molecule has 0 aromatic carbocycles. The minimum atomic E-state index is -0.503. The summed E-state index contributed by atoms with van der Waals surface area (Å²) in [4.78, 5) is 18.5. The summed E-state index contributed by atoms with van der Waals surface area (Å²) >= 11 is 0. The van der Waals surface area contributed by atoms with Crippen LogP contribution >= 0.6 is 0 Å². The highest BCUT2D eigenvalue weighted by molar-refractivity contribution is 5.61. The van der Waals surface area contributed by atoms with Gasteiger partial charge in [0, 0.05) is 6.04 Å². The standard InChI is InChI=1S/C13H20N4O3/c1-8-4-9(2)6-10(5-8)16-12-11(17(18)19)13(20-3)15-7-14-12/h7-10H,4-6H2,1-3H3,(H,14,15,16). The summed E-state index contributed by atoms with van der Waals surface area (Å²) in [6.07, 6.45) is 4.47. The predicted molar refractivity (Wildman–Crippen MR) is 74.8 cm³/mol. The molecule has 1 N–H and O–H groups in total. The van der Waals surface area contributed by atoms with E-state index in [9.17, 15) is 10.1 Å². The zero-order valence-electron chi connectivity index (χ0n) is 12.0. The van der Waals surface area contributed by atoms with Crippen molar-refractivity contribution in [1.82, 2.24) is 9.97 Å². The van der Waals surface area contributed by atoms with Crippen LogP contribution in [0, 0.1) is 22.0 Å². The fourth-order valence-corrected chi connectivity index (χ4v) is 3.04. The Balaban J connectivity index is 2.22. The smallest absolute Gasteiger partial charge is 0.372 e. The van der Waals surface area contributed by atoms with E-state index >= 15 is 0 Å². The van der Waals surface area contributed by atoms with E-state index < -0.39 is 4.92 Å². The molecule has 1 aliphatic carbocycles. The molecule has 0 spiro atoms. The van der Waals surface area contributed by atoms with E-state index in [0.717, 1.165) is 12.8 Å². The molecule has 7 nitrogen and oxygen atoms in total. The molecular formula is C13H20N4O3. The van der Waals surface area contributed by atoms with Crippen LogP contribution in [0.1, 0.15) is 33.1 Å². The Labute approximate surface area is 117 Å². The molecule has 1 aliphatic rings. The minimum absolute atomic E-state index is 0.00981. The minimum Gasteiger partial charge on any atom is -0.476 e. The fourth-order valence-electron chi connectivity index (χ4n) is 3.04. The van der Waals surface area contributed by atoms with Gasteiger partial charge in [-0.1, -0.05) is 13.8 Å². The molecule has 1 saturated carbocycles. The summed E-state index contributed by atoms with van der Waals surface area (Å²) in [5.74, 6) is 1.45. The third kappa shape index (κ3) is 3.15. The number of aromatic nitrogens is 2. The maximum atomic E-state index is 11.2. The number of anilines is 1. The number of nitrogens with zero attached hydrogens (tertiary/aromatic N) is 3. The number of hydrogen-bond acceptors (Lipinski definition) is 6. The van der Waals surface area contributed by atoms with Gasteiger partial charge in [0.2, 0.25) is 5.82 Å². The fraction of sp³-hybridized carbons (Fsp3) is 0.692. The van der Waals surface area contributed by atoms with Crippen LogP contribution < -0.4 is 10.1 Å². The molecule has 7 heteroatoms.